The molecule has 0 saturated heterocycles. The maximum absolute atomic E-state index is 11.4. The number of nitrogens with one attached hydrogen (secondary N) is 1. The van der Waals surface area contributed by atoms with Crippen LogP contribution >= 0.6 is 0 Å². The number of amides is 1. The number of Topliss-reactive ketones (excluding diaryl/α,β-unsaturated/α-hetero) is 1. The van der Waals surface area contributed by atoms with Gasteiger partial charge >= 0.3 is 0 Å². The molecule has 0 aromatic heterocycles. The van der Waals surface area contributed by atoms with Crippen molar-refractivity contribution in [2.24, 2.45) is 0 Å². The van der Waals surface area contributed by atoms with Crippen LogP contribution in [0.2, 0.25) is 0 Å². The van der Waals surface area contributed by atoms with Crippen molar-refractivity contribution in [1.82, 2.24) is 5.32 Å². The predicted molar refractivity (Wildman–Crippen MR) is 57.7 cm³/mol. The summed E-state index contributed by atoms with van der Waals surface area (Å²) < 4.78 is 0. The summed E-state index contributed by atoms with van der Waals surface area (Å²) in [4.78, 5) is 22.7. The molecule has 1 amide bonds. The Morgan fingerprint density at radius 1 is 1.31 bits per heavy atom. The van der Waals surface area contributed by atoms with Crippen molar-refractivity contribution >= 4 is 11.7 Å². The molecule has 4 nitrogen and oxygen atoms in total. The van der Waals surface area contributed by atoms with Gasteiger partial charge < -0.3 is 10.4 Å². The van der Waals surface area contributed by atoms with E-state index in [1.54, 1.807) is 12.1 Å². The summed E-state index contributed by atoms with van der Waals surface area (Å²) in [6, 6.07) is 8.53. The van der Waals surface area contributed by atoms with Gasteiger partial charge in [-0.25, -0.2) is 0 Å². The Hall–Kier alpha value is -2.10. The van der Waals surface area contributed by atoms with Crippen molar-refractivity contribution < 1.29 is 14.7 Å². The molecule has 2 rings (SSSR count). The third-order valence-corrected chi connectivity index (χ3v) is 2.55. The highest BCUT2D eigenvalue weighted by Gasteiger charge is 2.34. The highest BCUT2D eigenvalue weighted by Crippen LogP contribution is 2.29. The fourth-order valence-corrected chi connectivity index (χ4v) is 1.80. The number of hydrogen-bond donors (Lipinski definition) is 2. The monoisotopic (exact) mass is 217 g/mol. The fourth-order valence-electron chi connectivity index (χ4n) is 1.80. The lowest BCUT2D eigenvalue weighted by molar-refractivity contribution is -0.119. The molecule has 0 aliphatic carbocycles. The van der Waals surface area contributed by atoms with Gasteiger partial charge in [-0.3, -0.25) is 9.59 Å². The van der Waals surface area contributed by atoms with E-state index in [0.717, 1.165) is 5.56 Å². The summed E-state index contributed by atoms with van der Waals surface area (Å²) in [5.74, 6) is -1.37. The van der Waals surface area contributed by atoms with Crippen LogP contribution in [0.3, 0.4) is 0 Å². The third-order valence-electron chi connectivity index (χ3n) is 2.55. The van der Waals surface area contributed by atoms with E-state index in [2.05, 4.69) is 5.32 Å². The first-order chi connectivity index (χ1) is 7.61. The van der Waals surface area contributed by atoms with E-state index >= 15 is 0 Å². The SMILES string of the molecule is CC(=O)C1=C(O)C(=O)NC1c1ccccc1. The highest BCUT2D eigenvalue weighted by atomic mass is 16.3. The van der Waals surface area contributed by atoms with Crippen LogP contribution < -0.4 is 5.32 Å². The topological polar surface area (TPSA) is 66.4 Å². The quantitative estimate of drug-likeness (QED) is 0.783. The number of benzene rings is 1. The molecular weight excluding hydrogens is 206 g/mol. The smallest absolute Gasteiger partial charge is 0.287 e. The molecule has 16 heavy (non-hydrogen) atoms. The second-order valence-corrected chi connectivity index (χ2v) is 3.64. The van der Waals surface area contributed by atoms with E-state index in [9.17, 15) is 14.7 Å². The minimum absolute atomic E-state index is 0.135. The minimum atomic E-state index is -0.598. The molecule has 2 N–H and O–H groups in total. The maximum Gasteiger partial charge on any atom is 0.287 e. The molecule has 1 aromatic rings. The molecule has 4 heteroatoms. The van der Waals surface area contributed by atoms with E-state index in [1.807, 2.05) is 18.2 Å². The molecule has 1 aliphatic heterocycles. The van der Waals surface area contributed by atoms with Crippen molar-refractivity contribution in [3.63, 3.8) is 0 Å². The zero-order valence-electron chi connectivity index (χ0n) is 8.73. The predicted octanol–water partition coefficient (Wildman–Crippen LogP) is 1.26. The van der Waals surface area contributed by atoms with Gasteiger partial charge in [0, 0.05) is 0 Å². The van der Waals surface area contributed by atoms with E-state index in [1.165, 1.54) is 6.92 Å². The molecule has 0 spiro atoms. The van der Waals surface area contributed by atoms with Gasteiger partial charge in [0.15, 0.2) is 11.5 Å². The van der Waals surface area contributed by atoms with Crippen molar-refractivity contribution in [3.05, 3.63) is 47.2 Å². The van der Waals surface area contributed by atoms with Gasteiger partial charge in [0.25, 0.3) is 5.91 Å². The largest absolute Gasteiger partial charge is 0.503 e. The maximum atomic E-state index is 11.4. The lowest BCUT2D eigenvalue weighted by atomic mass is 9.98. The van der Waals surface area contributed by atoms with Gasteiger partial charge in [0.2, 0.25) is 0 Å². The summed E-state index contributed by atoms with van der Waals surface area (Å²) in [6.07, 6.45) is 0. The Morgan fingerprint density at radius 2 is 1.94 bits per heavy atom. The normalized spacial score (nSPS) is 19.8. The molecule has 1 heterocycles. The van der Waals surface area contributed by atoms with Crippen LogP contribution in [0.4, 0.5) is 0 Å². The summed E-state index contributed by atoms with van der Waals surface area (Å²) in [6.45, 7) is 1.34. The average Bonchev–Trinajstić information content (AvgIpc) is 2.57. The van der Waals surface area contributed by atoms with Gasteiger partial charge in [-0.2, -0.15) is 0 Å². The number of aliphatic hydroxyl groups excluding tert-OH is 1. The first kappa shape index (κ1) is 10.4. The van der Waals surface area contributed by atoms with E-state index in [4.69, 9.17) is 0 Å². The van der Waals surface area contributed by atoms with Gasteiger partial charge in [-0.15, -0.1) is 0 Å². The summed E-state index contributed by atoms with van der Waals surface area (Å²) >= 11 is 0. The van der Waals surface area contributed by atoms with Crippen LogP contribution in [0.5, 0.6) is 0 Å². The number of carbonyl (C=O) groups is 2. The zero-order valence-corrected chi connectivity index (χ0v) is 8.73. The molecule has 82 valence electrons. The molecule has 1 atom stereocenters. The number of hydrogen-bond acceptors (Lipinski definition) is 3. The molecule has 1 aromatic carbocycles. The van der Waals surface area contributed by atoms with Gasteiger partial charge in [-0.1, -0.05) is 30.3 Å². The average molecular weight is 217 g/mol. The molecule has 0 saturated carbocycles. The minimum Gasteiger partial charge on any atom is -0.503 e. The number of ketones is 1. The van der Waals surface area contributed by atoms with Crippen LogP contribution in [0, 0.1) is 0 Å². The van der Waals surface area contributed by atoms with Crippen molar-refractivity contribution in [3.8, 4) is 0 Å². The van der Waals surface area contributed by atoms with Gasteiger partial charge in [0.1, 0.15) is 0 Å². The Balaban J connectivity index is 2.45. The van der Waals surface area contributed by atoms with Crippen molar-refractivity contribution in [2.75, 3.05) is 0 Å². The van der Waals surface area contributed by atoms with Gasteiger partial charge in [-0.05, 0) is 12.5 Å². The van der Waals surface area contributed by atoms with Crippen molar-refractivity contribution in [1.29, 1.82) is 0 Å². The summed E-state index contributed by atoms with van der Waals surface area (Å²) in [5, 5.41) is 12.1. The van der Waals surface area contributed by atoms with Crippen LogP contribution in [-0.2, 0) is 9.59 Å². The third kappa shape index (κ3) is 1.58. The summed E-state index contributed by atoms with van der Waals surface area (Å²) in [7, 11) is 0. The Bertz CT molecular complexity index is 476. The lowest BCUT2D eigenvalue weighted by Crippen LogP contribution is -2.23. The molecule has 1 aliphatic rings. The standard InChI is InChI=1S/C12H11NO3/c1-7(14)9-10(13-12(16)11(9)15)8-5-3-2-4-6-8/h2-6,10,15H,1H3,(H,13,16). The van der Waals surface area contributed by atoms with E-state index in [0.29, 0.717) is 0 Å². The number of carbonyl (C=O) groups excluding carboxylic acids is 2. The van der Waals surface area contributed by atoms with E-state index in [-0.39, 0.29) is 11.4 Å². The van der Waals surface area contributed by atoms with Crippen molar-refractivity contribution in [2.45, 2.75) is 13.0 Å². The molecule has 0 radical (unpaired) electrons. The van der Waals surface area contributed by atoms with Gasteiger partial charge in [0.05, 0.1) is 11.6 Å². The van der Waals surface area contributed by atoms with Crippen LogP contribution in [0.1, 0.15) is 18.5 Å². The Labute approximate surface area is 92.6 Å². The zero-order chi connectivity index (χ0) is 11.7. The Morgan fingerprint density at radius 3 is 2.50 bits per heavy atom. The molecule has 0 bridgehead atoms. The molecular formula is C12H11NO3. The van der Waals surface area contributed by atoms with Crippen LogP contribution in [0.15, 0.2) is 41.7 Å². The first-order valence-electron chi connectivity index (χ1n) is 4.91. The summed E-state index contributed by atoms with van der Waals surface area (Å²) in [5.41, 5.74) is 0.918. The molecule has 0 fully saturated rings. The number of rotatable bonds is 2. The van der Waals surface area contributed by atoms with E-state index < -0.39 is 17.7 Å². The Kier molecular flexibility index (Phi) is 2.48. The molecule has 1 unspecified atom stereocenters. The first-order valence-corrected chi connectivity index (χ1v) is 4.91. The van der Waals surface area contributed by atoms with Crippen LogP contribution in [-0.4, -0.2) is 16.8 Å². The number of aliphatic hydroxyl groups is 1. The highest BCUT2D eigenvalue weighted by molar-refractivity contribution is 6.08. The lowest BCUT2D eigenvalue weighted by Gasteiger charge is -2.12. The second kappa shape index (κ2) is 3.81. The second-order valence-electron chi connectivity index (χ2n) is 3.64. The van der Waals surface area contributed by atoms with Crippen LogP contribution in [0.25, 0.3) is 0 Å². The fraction of sp³-hybridized carbons (Fsp3) is 0.167.